The molecular weight excluding hydrogens is 624 g/mol. The molecule has 0 radical (unpaired) electrons. The number of nitrogens with zero attached hydrogens (tertiary/aromatic N) is 4. The zero-order valence-electron chi connectivity index (χ0n) is 25.2. The number of nitro benzene ring substituents is 2. The Morgan fingerprint density at radius 2 is 1.25 bits per heavy atom. The highest BCUT2D eigenvalue weighted by Crippen LogP contribution is 2.59. The summed E-state index contributed by atoms with van der Waals surface area (Å²) in [5, 5.41) is 31.9. The smallest absolute Gasteiger partial charge is 0.269 e. The van der Waals surface area contributed by atoms with Crippen LogP contribution in [0.2, 0.25) is 0 Å². The molecule has 2 saturated heterocycles. The van der Waals surface area contributed by atoms with Crippen LogP contribution in [0, 0.1) is 49.8 Å². The van der Waals surface area contributed by atoms with E-state index in [4.69, 9.17) is 4.74 Å². The Hall–Kier alpha value is -5.76. The van der Waals surface area contributed by atoms with E-state index in [2.05, 4.69) is 0 Å². The van der Waals surface area contributed by atoms with Gasteiger partial charge in [0.25, 0.3) is 11.4 Å². The van der Waals surface area contributed by atoms with Gasteiger partial charge in [-0.2, -0.15) is 0 Å². The summed E-state index contributed by atoms with van der Waals surface area (Å²) in [5.41, 5.74) is 1.31. The van der Waals surface area contributed by atoms with E-state index in [1.807, 2.05) is 6.08 Å². The Labute approximate surface area is 272 Å². The lowest BCUT2D eigenvalue weighted by molar-refractivity contribution is -0.385. The Morgan fingerprint density at radius 3 is 1.81 bits per heavy atom. The average molecular weight is 653 g/mol. The quantitative estimate of drug-likeness (QED) is 0.162. The second-order valence-electron chi connectivity index (χ2n) is 12.2. The van der Waals surface area contributed by atoms with Crippen LogP contribution in [0.25, 0.3) is 0 Å². The van der Waals surface area contributed by atoms with Gasteiger partial charge in [-0.3, -0.25) is 49.2 Å². The van der Waals surface area contributed by atoms with Gasteiger partial charge in [0.05, 0.1) is 51.5 Å². The number of non-ortho nitro benzene ring substituents is 2. The summed E-state index contributed by atoms with van der Waals surface area (Å²) in [6, 6.07) is 17.3. The molecule has 244 valence electrons. The van der Waals surface area contributed by atoms with Gasteiger partial charge in [0.1, 0.15) is 12.4 Å². The highest BCUT2D eigenvalue weighted by molar-refractivity contribution is 6.24. The average Bonchev–Trinajstić information content (AvgIpc) is 3.50. The van der Waals surface area contributed by atoms with Crippen LogP contribution in [0.3, 0.4) is 0 Å². The summed E-state index contributed by atoms with van der Waals surface area (Å²) in [5.74, 6) is -6.24. The largest absolute Gasteiger partial charge is 0.491 e. The number of imide groups is 2. The highest BCUT2D eigenvalue weighted by atomic mass is 16.6. The molecule has 3 fully saturated rings. The number of fused-ring (bicyclic) bond motifs is 4. The van der Waals surface area contributed by atoms with Crippen molar-refractivity contribution < 1.29 is 38.9 Å². The number of hydrogen-bond acceptors (Lipinski definition) is 10. The van der Waals surface area contributed by atoms with Crippen LogP contribution >= 0.6 is 0 Å². The number of rotatable bonds is 8. The van der Waals surface area contributed by atoms with E-state index in [9.17, 15) is 44.5 Å². The van der Waals surface area contributed by atoms with E-state index < -0.39 is 69.0 Å². The van der Waals surface area contributed by atoms with Crippen molar-refractivity contribution in [3.8, 4) is 5.75 Å². The monoisotopic (exact) mass is 652 g/mol. The number of nitro groups is 2. The maximum absolute atomic E-state index is 14.3. The van der Waals surface area contributed by atoms with Crippen molar-refractivity contribution in [2.24, 2.45) is 29.6 Å². The third-order valence-electron chi connectivity index (χ3n) is 9.89. The highest BCUT2D eigenvalue weighted by Gasteiger charge is 2.62. The predicted octanol–water partition coefficient (Wildman–Crippen LogP) is 3.92. The molecule has 0 spiro atoms. The molecule has 6 atom stereocenters. The van der Waals surface area contributed by atoms with Gasteiger partial charge in [-0.25, -0.2) is 0 Å². The first-order valence-electron chi connectivity index (χ1n) is 15.4. The van der Waals surface area contributed by atoms with Crippen molar-refractivity contribution in [3.05, 3.63) is 110 Å². The molecular formula is C34H28N4O10. The molecule has 2 aliphatic heterocycles. The maximum atomic E-state index is 14.3. The number of anilines is 2. The molecule has 14 heteroatoms. The Morgan fingerprint density at radius 1 is 0.708 bits per heavy atom. The van der Waals surface area contributed by atoms with Gasteiger partial charge in [0.2, 0.25) is 23.6 Å². The number of para-hydroxylation sites is 1. The van der Waals surface area contributed by atoms with Crippen LogP contribution < -0.4 is 14.5 Å². The molecule has 4 aliphatic rings. The first-order chi connectivity index (χ1) is 23.1. The van der Waals surface area contributed by atoms with Crippen molar-refractivity contribution in [2.75, 3.05) is 23.0 Å². The number of carbonyl (C=O) groups excluding carboxylic acids is 4. The summed E-state index contributed by atoms with van der Waals surface area (Å²) < 4.78 is 5.87. The summed E-state index contributed by atoms with van der Waals surface area (Å²) in [6.07, 6.45) is 2.19. The minimum Gasteiger partial charge on any atom is -0.491 e. The second-order valence-corrected chi connectivity index (χ2v) is 12.2. The van der Waals surface area contributed by atoms with Crippen molar-refractivity contribution >= 4 is 46.4 Å². The molecule has 3 aromatic rings. The van der Waals surface area contributed by atoms with E-state index in [1.54, 1.807) is 24.3 Å². The van der Waals surface area contributed by atoms with Crippen LogP contribution in [-0.2, 0) is 19.2 Å². The van der Waals surface area contributed by atoms with Crippen LogP contribution in [0.15, 0.2) is 84.4 Å². The zero-order valence-corrected chi connectivity index (χ0v) is 25.2. The molecule has 1 saturated carbocycles. The van der Waals surface area contributed by atoms with Crippen LogP contribution in [-0.4, -0.2) is 51.8 Å². The molecule has 4 amide bonds. The zero-order chi connectivity index (χ0) is 33.9. The van der Waals surface area contributed by atoms with Crippen LogP contribution in [0.5, 0.6) is 5.75 Å². The number of hydrogen-bond donors (Lipinski definition) is 1. The van der Waals surface area contributed by atoms with Crippen molar-refractivity contribution in [1.82, 2.24) is 0 Å². The van der Waals surface area contributed by atoms with Crippen LogP contribution in [0.1, 0.15) is 24.3 Å². The standard InChI is InChI=1S/C34H28N4O10/c39-15-16-48-27-4-2-1-3-23(27)28-22-13-14-24-29(33(42)35(31(24)40)18-5-9-20(10-6-18)37(44)45)25(22)17-26-30(28)34(43)36(32(26)41)19-7-11-21(12-8-19)38(46)47/h1-13,24-26,28-30,39H,14-17H2/t24-,25+,26+,28+,29-,30+/m0/s1. The Kier molecular flexibility index (Phi) is 7.59. The molecule has 0 unspecified atom stereocenters. The molecule has 14 nitrogen and oxygen atoms in total. The fourth-order valence-corrected chi connectivity index (χ4v) is 7.92. The lowest BCUT2D eigenvalue weighted by atomic mass is 9.57. The lowest BCUT2D eigenvalue weighted by Gasteiger charge is -2.44. The van der Waals surface area contributed by atoms with Crippen molar-refractivity contribution in [1.29, 1.82) is 0 Å². The maximum Gasteiger partial charge on any atom is 0.269 e. The first kappa shape index (κ1) is 30.9. The fourth-order valence-electron chi connectivity index (χ4n) is 7.92. The second kappa shape index (κ2) is 11.8. The number of amides is 4. The fraction of sp³-hybridized carbons (Fsp3) is 0.294. The van der Waals surface area contributed by atoms with E-state index in [0.717, 1.165) is 15.4 Å². The Bertz CT molecular complexity index is 1910. The van der Waals surface area contributed by atoms with Gasteiger partial charge in [-0.1, -0.05) is 29.8 Å². The van der Waals surface area contributed by atoms with E-state index in [1.165, 1.54) is 48.5 Å². The molecule has 2 aliphatic carbocycles. The number of benzene rings is 3. The van der Waals surface area contributed by atoms with Gasteiger partial charge in [-0.15, -0.1) is 0 Å². The number of carbonyl (C=O) groups is 4. The van der Waals surface area contributed by atoms with Gasteiger partial charge < -0.3 is 9.84 Å². The number of aliphatic hydroxyl groups excluding tert-OH is 1. The number of ether oxygens (including phenoxy) is 1. The molecule has 7 rings (SSSR count). The molecule has 0 aromatic heterocycles. The first-order valence-corrected chi connectivity index (χ1v) is 15.4. The van der Waals surface area contributed by atoms with Crippen molar-refractivity contribution in [2.45, 2.75) is 18.8 Å². The third-order valence-corrected chi connectivity index (χ3v) is 9.89. The van der Waals surface area contributed by atoms with E-state index >= 15 is 0 Å². The molecule has 2 heterocycles. The van der Waals surface area contributed by atoms with Gasteiger partial charge in [0.15, 0.2) is 0 Å². The lowest BCUT2D eigenvalue weighted by Crippen LogP contribution is -2.43. The van der Waals surface area contributed by atoms with Gasteiger partial charge in [-0.05, 0) is 49.1 Å². The molecule has 48 heavy (non-hydrogen) atoms. The van der Waals surface area contributed by atoms with Gasteiger partial charge in [0, 0.05) is 35.7 Å². The summed E-state index contributed by atoms with van der Waals surface area (Å²) >= 11 is 0. The number of aliphatic hydroxyl groups is 1. The summed E-state index contributed by atoms with van der Waals surface area (Å²) in [7, 11) is 0. The molecule has 1 N–H and O–H groups in total. The Balaban J connectivity index is 1.31. The van der Waals surface area contributed by atoms with Gasteiger partial charge >= 0.3 is 0 Å². The van der Waals surface area contributed by atoms with Crippen molar-refractivity contribution in [3.63, 3.8) is 0 Å². The SMILES string of the molecule is O=C1[C@H]2[C@H](CC=C3[C@H]2C[C@H]2C(=O)N(c4ccc([N+](=O)[O-])cc4)C(=O)[C@H]2[C@H]3c2ccccc2OCCO)C(=O)N1c1ccc([N+](=O)[O-])cc1. The minimum absolute atomic E-state index is 0.0238. The predicted molar refractivity (Wildman–Crippen MR) is 168 cm³/mol. The third kappa shape index (κ3) is 4.75. The van der Waals surface area contributed by atoms with Crippen LogP contribution in [0.4, 0.5) is 22.7 Å². The molecule has 3 aromatic carbocycles. The summed E-state index contributed by atoms with van der Waals surface area (Å²) in [4.78, 5) is 79.8. The molecule has 0 bridgehead atoms. The number of allylic oxidation sites excluding steroid dienone is 2. The van der Waals surface area contributed by atoms with E-state index in [0.29, 0.717) is 11.3 Å². The topological polar surface area (TPSA) is 190 Å². The van der Waals surface area contributed by atoms with E-state index in [-0.39, 0.29) is 48.8 Å². The summed E-state index contributed by atoms with van der Waals surface area (Å²) in [6.45, 7) is -0.287. The minimum atomic E-state index is -0.899. The normalized spacial score (nSPS) is 26.1.